The number of epoxide rings is 2. The van der Waals surface area contributed by atoms with Crippen molar-refractivity contribution in [2.75, 3.05) is 13.2 Å². The van der Waals surface area contributed by atoms with Crippen LogP contribution < -0.4 is 10.9 Å². The van der Waals surface area contributed by atoms with Crippen LogP contribution in [0, 0.1) is 45.0 Å². The standard InChI is InChI=1S/C33H23F4N3O2.C16H8F4NO.3C4H9.CH4.H3N.Sn/c34-27-11-14-29(30(35)18-27)32(22-42-32)33(36,37)31-15-10-24(19-38-31)3-2-23-8-12-28(13-9-23)41-21-26-6-4-25(5-7-26)20-40-17-1-16-39-40;1-2-10-3-6-14(21-8-10)16(19,20)15(9-22-15)12-5-4-11(17)7-13(12)18;3*1-3-4-2;;;/h1,4-19H,20-22H2;3-8H,9H2;3*1,3-4H2,2H3;1H4;1H3;. The Kier molecular flexibility index (Phi) is 21.1. The van der Waals surface area contributed by atoms with E-state index in [0.717, 1.165) is 60.7 Å². The van der Waals surface area contributed by atoms with E-state index in [9.17, 15) is 17.6 Å². The summed E-state index contributed by atoms with van der Waals surface area (Å²) in [6.45, 7) is 6.97. The van der Waals surface area contributed by atoms with E-state index in [-0.39, 0.29) is 25.7 Å². The average molecular weight is 1200 g/mol. The molecule has 2 unspecified atom stereocenters. The number of alkyl halides is 4. The average Bonchev–Trinajstić information content (AvgIpc) is 3.78. The van der Waals surface area contributed by atoms with Crippen LogP contribution in [0.5, 0.6) is 5.75 Å². The van der Waals surface area contributed by atoms with E-state index in [1.165, 1.54) is 57.1 Å². The third kappa shape index (κ3) is 14.6. The van der Waals surface area contributed by atoms with Gasteiger partial charge >= 0.3 is 213 Å². The van der Waals surface area contributed by atoms with Crippen molar-refractivity contribution in [2.24, 2.45) is 0 Å². The number of rotatable bonds is 20. The van der Waals surface area contributed by atoms with Crippen molar-refractivity contribution in [3.63, 3.8) is 0 Å². The fourth-order valence-corrected chi connectivity index (χ4v) is 22.3. The fourth-order valence-electron chi connectivity index (χ4n) is 9.09. The van der Waals surface area contributed by atoms with Gasteiger partial charge in [0.1, 0.15) is 29.7 Å². The van der Waals surface area contributed by atoms with E-state index < -0.39 is 88.3 Å². The first-order chi connectivity index (χ1) is 37.1. The molecular weight excluding hydrogens is 1130 g/mol. The van der Waals surface area contributed by atoms with Gasteiger partial charge < -0.3 is 15.6 Å². The Bertz CT molecular complexity index is 3180. The van der Waals surface area contributed by atoms with Gasteiger partial charge in [0, 0.05) is 41.3 Å². The molecule has 0 spiro atoms. The smallest absolute Gasteiger partial charge is 0.324 e. The Labute approximate surface area is 461 Å². The summed E-state index contributed by atoms with van der Waals surface area (Å²) in [6.07, 6.45) is 13.3. The quantitative estimate of drug-likeness (QED) is 0.0350. The van der Waals surface area contributed by atoms with Gasteiger partial charge in [0.15, 0.2) is 5.60 Å². The van der Waals surface area contributed by atoms with E-state index in [2.05, 4.69) is 57.5 Å². The topological polar surface area (TPSA) is 113 Å². The van der Waals surface area contributed by atoms with Crippen LogP contribution in [-0.2, 0) is 45.7 Å². The van der Waals surface area contributed by atoms with Gasteiger partial charge in [-0.25, -0.2) is 13.2 Å². The minimum Gasteiger partial charge on any atom is -0.489 e. The van der Waals surface area contributed by atoms with Gasteiger partial charge in [0.2, 0.25) is 0 Å². The fraction of sp³-hybridized carbons (Fsp3) is 0.339. The molecule has 2 atom stereocenters. The number of hydrogen-bond acceptors (Lipinski definition) is 7. The summed E-state index contributed by atoms with van der Waals surface area (Å²) in [7, 11) is 0. The van der Waals surface area contributed by atoms with Gasteiger partial charge in [-0.3, -0.25) is 9.67 Å². The van der Waals surface area contributed by atoms with E-state index in [0.29, 0.717) is 47.7 Å². The van der Waals surface area contributed by atoms with Crippen LogP contribution in [-0.4, -0.2) is 51.3 Å². The minimum absolute atomic E-state index is 0. The molecule has 7 aromatic rings. The number of ether oxygens (including phenoxy) is 3. The first kappa shape index (κ1) is 61.6. The summed E-state index contributed by atoms with van der Waals surface area (Å²) < 4.78 is 142. The second-order valence-corrected chi connectivity index (χ2v) is 31.7. The van der Waals surface area contributed by atoms with Crippen molar-refractivity contribution in [1.82, 2.24) is 25.9 Å². The number of aromatic nitrogens is 4. The molecule has 3 aromatic heterocycles. The number of nitrogens with zero attached hydrogens (tertiary/aromatic N) is 4. The molecule has 0 bridgehead atoms. The summed E-state index contributed by atoms with van der Waals surface area (Å²) >= 11 is -2.68. The normalized spacial score (nSPS) is 16.3. The van der Waals surface area contributed by atoms with Crippen LogP contribution in [0.25, 0.3) is 0 Å². The predicted molar refractivity (Wildman–Crippen MR) is 292 cm³/mol. The van der Waals surface area contributed by atoms with E-state index in [1.54, 1.807) is 24.4 Å². The molecule has 4 aromatic carbocycles. The largest absolute Gasteiger partial charge is 0.489 e. The zero-order chi connectivity index (χ0) is 54.7. The second-order valence-electron chi connectivity index (χ2n) is 19.4. The Morgan fingerprint density at radius 2 is 1.06 bits per heavy atom. The Balaban J connectivity index is 0.000000253. The second kappa shape index (κ2) is 27.1. The summed E-state index contributed by atoms with van der Waals surface area (Å²) in [6, 6.07) is 27.6. The third-order valence-electron chi connectivity index (χ3n) is 13.8. The molecule has 0 radical (unpaired) electrons. The van der Waals surface area contributed by atoms with Crippen molar-refractivity contribution in [3.05, 3.63) is 214 Å². The third-order valence-corrected chi connectivity index (χ3v) is 26.9. The van der Waals surface area contributed by atoms with Crippen LogP contribution in [0.15, 0.2) is 140 Å². The molecule has 5 heterocycles. The zero-order valence-electron chi connectivity index (χ0n) is 43.7. The number of halogens is 8. The van der Waals surface area contributed by atoms with Gasteiger partial charge in [0.25, 0.3) is 0 Å². The molecule has 17 heteroatoms. The van der Waals surface area contributed by atoms with Gasteiger partial charge in [-0.2, -0.15) is 13.9 Å². The summed E-state index contributed by atoms with van der Waals surface area (Å²) in [4.78, 5) is 7.89. The van der Waals surface area contributed by atoms with Crippen LogP contribution >= 0.6 is 0 Å². The van der Waals surface area contributed by atoms with E-state index in [4.69, 9.17) is 14.2 Å². The Morgan fingerprint density at radius 1 is 0.608 bits per heavy atom. The number of benzene rings is 4. The van der Waals surface area contributed by atoms with Crippen molar-refractivity contribution < 1.29 is 49.3 Å². The SMILES string of the molecule is C.CCC[CH2][Sn]([C]#Cc1ccc(C(F)(F)C2(c3ccc(F)cc3F)CO2)nc1)([CH2]CCC)[CH2]CCC.Fc1ccc(C2(C(F)(F)c3ccc(C#Cc4ccc(OCc5ccc(Cn6cccn6)cc5)cc4)cn3)CO2)c(F)c1.N. The van der Waals surface area contributed by atoms with Crippen LogP contribution in [0.3, 0.4) is 0 Å². The minimum atomic E-state index is -3.64. The van der Waals surface area contributed by atoms with Gasteiger partial charge in [0.05, 0.1) is 13.2 Å². The maximum Gasteiger partial charge on any atom is 0.324 e. The number of unbranched alkanes of at least 4 members (excludes halogenated alkanes) is 3. The molecule has 3 N–H and O–H groups in total. The molecule has 0 saturated carbocycles. The summed E-state index contributed by atoms with van der Waals surface area (Å²) in [5.41, 5.74) is -2.35. The van der Waals surface area contributed by atoms with Gasteiger partial charge in [-0.1, -0.05) is 43.5 Å². The number of pyridine rings is 2. The Hall–Kier alpha value is -6.57. The van der Waals surface area contributed by atoms with Gasteiger partial charge in [-0.05, 0) is 65.7 Å². The summed E-state index contributed by atoms with van der Waals surface area (Å²) in [5, 5.41) is 4.21. The van der Waals surface area contributed by atoms with E-state index in [1.807, 2.05) is 53.3 Å². The molecule has 2 aliphatic rings. The van der Waals surface area contributed by atoms with Crippen molar-refractivity contribution >= 4 is 18.4 Å². The maximum absolute atomic E-state index is 15.4. The van der Waals surface area contributed by atoms with Crippen LogP contribution in [0.2, 0.25) is 13.3 Å². The zero-order valence-corrected chi connectivity index (χ0v) is 46.6. The monoisotopic (exact) mass is 1200 g/mol. The predicted octanol–water partition coefficient (Wildman–Crippen LogP) is 15.5. The molecule has 8 nitrogen and oxygen atoms in total. The molecule has 9 rings (SSSR count). The van der Waals surface area contributed by atoms with Gasteiger partial charge in [-0.15, -0.1) is 0 Å². The summed E-state index contributed by atoms with van der Waals surface area (Å²) in [5.74, 6) is -1.21. The van der Waals surface area contributed by atoms with Crippen molar-refractivity contribution in [3.8, 4) is 27.4 Å². The molecule has 0 aliphatic carbocycles. The molecule has 0 amide bonds. The molecule has 416 valence electrons. The van der Waals surface area contributed by atoms with Crippen molar-refractivity contribution in [2.45, 2.75) is 116 Å². The number of hydrogen-bond donors (Lipinski definition) is 1. The molecular formula is C62H65F8N5O3Sn. The van der Waals surface area contributed by atoms with Crippen LogP contribution in [0.4, 0.5) is 35.1 Å². The Morgan fingerprint density at radius 3 is 1.48 bits per heavy atom. The van der Waals surface area contributed by atoms with Crippen molar-refractivity contribution in [1.29, 1.82) is 0 Å². The molecule has 2 fully saturated rings. The maximum atomic E-state index is 15.4. The molecule has 2 aliphatic heterocycles. The van der Waals surface area contributed by atoms with E-state index >= 15 is 17.6 Å². The molecule has 2 saturated heterocycles. The molecule has 79 heavy (non-hydrogen) atoms. The van der Waals surface area contributed by atoms with Crippen LogP contribution in [0.1, 0.15) is 117 Å². The first-order valence-corrected chi connectivity index (χ1v) is 33.2. The first-order valence-electron chi connectivity index (χ1n) is 25.8.